The molecule has 0 radical (unpaired) electrons. The van der Waals surface area contributed by atoms with Crippen LogP contribution in [0.15, 0.2) is 41.4 Å². The number of rotatable bonds is 3. The number of aromatic nitrogens is 2. The summed E-state index contributed by atoms with van der Waals surface area (Å²) in [5.74, 6) is 1.72. The summed E-state index contributed by atoms with van der Waals surface area (Å²) < 4.78 is 0. The summed E-state index contributed by atoms with van der Waals surface area (Å²) in [5.41, 5.74) is 2.31. The molecule has 2 rings (SSSR count). The summed E-state index contributed by atoms with van der Waals surface area (Å²) >= 11 is 1.77. The summed E-state index contributed by atoms with van der Waals surface area (Å²) in [6, 6.07) is 10.4. The van der Waals surface area contributed by atoms with Gasteiger partial charge in [-0.05, 0) is 32.0 Å². The molecule has 0 aliphatic rings. The van der Waals surface area contributed by atoms with Crippen LogP contribution < -0.4 is 0 Å². The Balaban J connectivity index is 1.99. The highest BCUT2D eigenvalue weighted by molar-refractivity contribution is 7.98. The first kappa shape index (κ1) is 11.1. The quantitative estimate of drug-likeness (QED) is 0.756. The van der Waals surface area contributed by atoms with Crippen LogP contribution >= 0.6 is 11.8 Å². The van der Waals surface area contributed by atoms with Crippen molar-refractivity contribution in [2.24, 2.45) is 0 Å². The molecule has 0 fully saturated rings. The van der Waals surface area contributed by atoms with Crippen molar-refractivity contribution in [3.63, 3.8) is 0 Å². The van der Waals surface area contributed by atoms with E-state index in [1.165, 1.54) is 10.5 Å². The van der Waals surface area contributed by atoms with Crippen LogP contribution in [0.4, 0.5) is 0 Å². The van der Waals surface area contributed by atoms with Gasteiger partial charge in [-0.25, -0.2) is 9.97 Å². The smallest absolute Gasteiger partial charge is 0.138 e. The Bertz CT molecular complexity index is 466. The molecule has 0 atom stereocenters. The summed E-state index contributed by atoms with van der Waals surface area (Å²) in [6.07, 6.45) is 1.81. The fraction of sp³-hybridized carbons (Fsp3) is 0.231. The molecule has 0 aliphatic heterocycles. The molecule has 0 unspecified atom stereocenters. The summed E-state index contributed by atoms with van der Waals surface area (Å²) in [7, 11) is 0. The maximum atomic E-state index is 4.37. The third kappa shape index (κ3) is 3.07. The van der Waals surface area contributed by atoms with Crippen LogP contribution in [0.25, 0.3) is 0 Å². The van der Waals surface area contributed by atoms with E-state index in [0.29, 0.717) is 0 Å². The van der Waals surface area contributed by atoms with Crippen LogP contribution in [0.5, 0.6) is 0 Å². The van der Waals surface area contributed by atoms with Crippen LogP contribution in [0.1, 0.15) is 17.1 Å². The lowest BCUT2D eigenvalue weighted by atomic mass is 10.2. The fourth-order valence-corrected chi connectivity index (χ4v) is 2.12. The second-order valence-corrected chi connectivity index (χ2v) is 4.76. The lowest BCUT2D eigenvalue weighted by Gasteiger charge is -2.02. The predicted molar refractivity (Wildman–Crippen MR) is 67.5 cm³/mol. The van der Waals surface area contributed by atoms with E-state index < -0.39 is 0 Å². The van der Waals surface area contributed by atoms with E-state index in [0.717, 1.165) is 17.3 Å². The average molecular weight is 230 g/mol. The lowest BCUT2D eigenvalue weighted by molar-refractivity contribution is 0.995. The molecule has 0 saturated carbocycles. The molecule has 0 amide bonds. The number of aryl methyl sites for hydroxylation is 2. The highest BCUT2D eigenvalue weighted by Gasteiger charge is 1.98. The topological polar surface area (TPSA) is 25.8 Å². The van der Waals surface area contributed by atoms with Crippen LogP contribution in [-0.2, 0) is 5.75 Å². The largest absolute Gasteiger partial charge is 0.240 e. The van der Waals surface area contributed by atoms with Crippen molar-refractivity contribution in [1.29, 1.82) is 0 Å². The van der Waals surface area contributed by atoms with Crippen LogP contribution in [0, 0.1) is 13.8 Å². The molecule has 0 spiro atoms. The molecule has 1 aromatic carbocycles. The Morgan fingerprint density at radius 2 is 1.81 bits per heavy atom. The van der Waals surface area contributed by atoms with Gasteiger partial charge in [0.2, 0.25) is 0 Å². The number of thioether (sulfide) groups is 1. The molecule has 0 bridgehead atoms. The van der Waals surface area contributed by atoms with Crippen molar-refractivity contribution in [3.8, 4) is 0 Å². The Labute approximate surface area is 100 Å². The normalized spacial score (nSPS) is 10.4. The van der Waals surface area contributed by atoms with Crippen molar-refractivity contribution < 1.29 is 0 Å². The highest BCUT2D eigenvalue weighted by atomic mass is 32.2. The third-order valence-electron chi connectivity index (χ3n) is 2.23. The first-order chi connectivity index (χ1) is 7.74. The minimum Gasteiger partial charge on any atom is -0.240 e. The fourth-order valence-electron chi connectivity index (χ4n) is 1.35. The van der Waals surface area contributed by atoms with Gasteiger partial charge in [-0.1, -0.05) is 17.7 Å². The van der Waals surface area contributed by atoms with Crippen molar-refractivity contribution in [2.45, 2.75) is 24.5 Å². The van der Waals surface area contributed by atoms with Gasteiger partial charge >= 0.3 is 0 Å². The minimum absolute atomic E-state index is 0.824. The predicted octanol–water partition coefficient (Wildman–Crippen LogP) is 3.39. The zero-order valence-electron chi connectivity index (χ0n) is 9.47. The van der Waals surface area contributed by atoms with E-state index in [1.807, 2.05) is 19.2 Å². The lowest BCUT2D eigenvalue weighted by Crippen LogP contribution is -1.93. The zero-order chi connectivity index (χ0) is 11.4. The number of benzene rings is 1. The van der Waals surface area contributed by atoms with E-state index in [1.54, 1.807) is 11.8 Å². The van der Waals surface area contributed by atoms with Gasteiger partial charge in [0.15, 0.2) is 0 Å². The Morgan fingerprint density at radius 3 is 2.50 bits per heavy atom. The van der Waals surface area contributed by atoms with Crippen molar-refractivity contribution in [1.82, 2.24) is 9.97 Å². The molecule has 0 aliphatic carbocycles. The van der Waals surface area contributed by atoms with Crippen molar-refractivity contribution in [2.75, 3.05) is 0 Å². The molecule has 2 aromatic rings. The van der Waals surface area contributed by atoms with E-state index >= 15 is 0 Å². The Hall–Kier alpha value is -1.35. The summed E-state index contributed by atoms with van der Waals surface area (Å²) in [6.45, 7) is 4.08. The maximum absolute atomic E-state index is 4.37. The number of nitrogens with zero attached hydrogens (tertiary/aromatic N) is 2. The van der Waals surface area contributed by atoms with Crippen LogP contribution in [0.3, 0.4) is 0 Å². The first-order valence-corrected chi connectivity index (χ1v) is 6.20. The van der Waals surface area contributed by atoms with Gasteiger partial charge < -0.3 is 0 Å². The molecule has 0 saturated heterocycles. The first-order valence-electron chi connectivity index (χ1n) is 5.22. The van der Waals surface area contributed by atoms with Gasteiger partial charge in [-0.2, -0.15) is 0 Å². The summed E-state index contributed by atoms with van der Waals surface area (Å²) in [4.78, 5) is 9.87. The average Bonchev–Trinajstić information content (AvgIpc) is 2.28. The van der Waals surface area contributed by atoms with Crippen molar-refractivity contribution in [3.05, 3.63) is 53.6 Å². The van der Waals surface area contributed by atoms with Crippen LogP contribution in [0.2, 0.25) is 0 Å². The molecule has 2 nitrogen and oxygen atoms in total. The molecular weight excluding hydrogens is 216 g/mol. The minimum atomic E-state index is 0.824. The van der Waals surface area contributed by atoms with Crippen LogP contribution in [-0.4, -0.2) is 9.97 Å². The molecule has 3 heteroatoms. The van der Waals surface area contributed by atoms with Gasteiger partial charge in [0.05, 0.1) is 5.75 Å². The van der Waals surface area contributed by atoms with Gasteiger partial charge in [0.25, 0.3) is 0 Å². The monoisotopic (exact) mass is 230 g/mol. The zero-order valence-corrected chi connectivity index (χ0v) is 10.3. The SMILES string of the molecule is Cc1ccc(SCc2nccc(C)n2)cc1. The summed E-state index contributed by atoms with van der Waals surface area (Å²) in [5, 5.41) is 0. The van der Waals surface area contributed by atoms with Gasteiger partial charge in [-0.15, -0.1) is 11.8 Å². The molecule has 82 valence electrons. The standard InChI is InChI=1S/C13H14N2S/c1-10-3-5-12(6-4-10)16-9-13-14-8-7-11(2)15-13/h3-8H,9H2,1-2H3. The van der Waals surface area contributed by atoms with E-state index in [2.05, 4.69) is 41.2 Å². The number of hydrogen-bond acceptors (Lipinski definition) is 3. The highest BCUT2D eigenvalue weighted by Crippen LogP contribution is 2.21. The molecule has 16 heavy (non-hydrogen) atoms. The van der Waals surface area contributed by atoms with E-state index in [9.17, 15) is 0 Å². The Morgan fingerprint density at radius 1 is 1.06 bits per heavy atom. The van der Waals surface area contributed by atoms with E-state index in [-0.39, 0.29) is 0 Å². The second kappa shape index (κ2) is 5.12. The maximum Gasteiger partial charge on any atom is 0.138 e. The Kier molecular flexibility index (Phi) is 3.57. The van der Waals surface area contributed by atoms with Gasteiger partial charge in [0.1, 0.15) is 5.82 Å². The molecular formula is C13H14N2S. The molecule has 0 N–H and O–H groups in total. The molecule has 1 heterocycles. The van der Waals surface area contributed by atoms with Gasteiger partial charge in [-0.3, -0.25) is 0 Å². The van der Waals surface area contributed by atoms with Crippen molar-refractivity contribution >= 4 is 11.8 Å². The molecule has 1 aromatic heterocycles. The second-order valence-electron chi connectivity index (χ2n) is 3.72. The van der Waals surface area contributed by atoms with Gasteiger partial charge in [0, 0.05) is 16.8 Å². The number of hydrogen-bond donors (Lipinski definition) is 0. The third-order valence-corrected chi connectivity index (χ3v) is 3.24. The van der Waals surface area contributed by atoms with E-state index in [4.69, 9.17) is 0 Å².